The van der Waals surface area contributed by atoms with Gasteiger partial charge in [0.2, 0.25) is 5.88 Å². The number of hydrogen-bond donors (Lipinski definition) is 0. The second-order valence-corrected chi connectivity index (χ2v) is 4.26. The van der Waals surface area contributed by atoms with Crippen molar-refractivity contribution in [3.63, 3.8) is 0 Å². The molecular formula is C15H18N2O. The molecule has 1 heterocycles. The van der Waals surface area contributed by atoms with Gasteiger partial charge in [0.05, 0.1) is 5.69 Å². The predicted molar refractivity (Wildman–Crippen MR) is 71.3 cm³/mol. The zero-order valence-corrected chi connectivity index (χ0v) is 10.7. The minimum atomic E-state index is 0.398. The SMILES string of the molecule is CCC#CCOc1cc(C2CC=CCC2)ncn1. The molecule has 0 aliphatic heterocycles. The highest BCUT2D eigenvalue weighted by Crippen LogP contribution is 2.28. The van der Waals surface area contributed by atoms with E-state index < -0.39 is 0 Å². The van der Waals surface area contributed by atoms with E-state index in [0.29, 0.717) is 18.4 Å². The third kappa shape index (κ3) is 3.59. The molecule has 1 atom stereocenters. The summed E-state index contributed by atoms with van der Waals surface area (Å²) in [5.41, 5.74) is 1.08. The molecule has 3 nitrogen and oxygen atoms in total. The molecule has 0 aromatic carbocycles. The molecule has 0 spiro atoms. The molecule has 1 aromatic rings. The molecule has 1 unspecified atom stereocenters. The summed E-state index contributed by atoms with van der Waals surface area (Å²) in [6.45, 7) is 2.42. The minimum absolute atomic E-state index is 0.398. The summed E-state index contributed by atoms with van der Waals surface area (Å²) < 4.78 is 5.50. The van der Waals surface area contributed by atoms with Crippen LogP contribution in [0, 0.1) is 11.8 Å². The quantitative estimate of drug-likeness (QED) is 0.603. The zero-order valence-electron chi connectivity index (χ0n) is 10.7. The van der Waals surface area contributed by atoms with Crippen molar-refractivity contribution in [2.45, 2.75) is 38.5 Å². The number of hydrogen-bond acceptors (Lipinski definition) is 3. The average molecular weight is 242 g/mol. The molecule has 0 fully saturated rings. The van der Waals surface area contributed by atoms with E-state index in [2.05, 4.69) is 34.0 Å². The molecule has 94 valence electrons. The Balaban J connectivity index is 1.98. The number of aromatic nitrogens is 2. The van der Waals surface area contributed by atoms with E-state index in [1.54, 1.807) is 6.33 Å². The summed E-state index contributed by atoms with van der Waals surface area (Å²) in [4.78, 5) is 8.46. The van der Waals surface area contributed by atoms with Gasteiger partial charge in [0, 0.05) is 18.4 Å². The number of allylic oxidation sites excluding steroid dienone is 2. The van der Waals surface area contributed by atoms with Crippen LogP contribution in [0.2, 0.25) is 0 Å². The zero-order chi connectivity index (χ0) is 12.6. The van der Waals surface area contributed by atoms with Crippen LogP contribution < -0.4 is 4.74 Å². The Hall–Kier alpha value is -1.82. The standard InChI is InChI=1S/C15H18N2O/c1-2-3-7-10-18-15-11-14(16-12-17-15)13-8-5-4-6-9-13/h4-5,11-13H,2,6,8-10H2,1H3. The van der Waals surface area contributed by atoms with Crippen LogP contribution in [0.4, 0.5) is 0 Å². The maximum Gasteiger partial charge on any atom is 0.217 e. The molecule has 1 aliphatic carbocycles. The maximum absolute atomic E-state index is 5.50. The van der Waals surface area contributed by atoms with Gasteiger partial charge in [-0.25, -0.2) is 9.97 Å². The van der Waals surface area contributed by atoms with Gasteiger partial charge in [0.1, 0.15) is 6.33 Å². The molecule has 1 aromatic heterocycles. The van der Waals surface area contributed by atoms with Crippen molar-refractivity contribution in [2.75, 3.05) is 6.61 Å². The first-order valence-electron chi connectivity index (χ1n) is 6.45. The molecular weight excluding hydrogens is 224 g/mol. The lowest BCUT2D eigenvalue weighted by atomic mass is 9.91. The summed E-state index contributed by atoms with van der Waals surface area (Å²) in [5, 5.41) is 0. The molecule has 1 aliphatic rings. The summed E-state index contributed by atoms with van der Waals surface area (Å²) in [7, 11) is 0. The second kappa shape index (κ2) is 6.80. The highest BCUT2D eigenvalue weighted by Gasteiger charge is 2.14. The van der Waals surface area contributed by atoms with Gasteiger partial charge in [0.15, 0.2) is 6.61 Å². The van der Waals surface area contributed by atoms with Gasteiger partial charge in [-0.1, -0.05) is 25.0 Å². The van der Waals surface area contributed by atoms with Crippen LogP contribution in [0.25, 0.3) is 0 Å². The van der Waals surface area contributed by atoms with Gasteiger partial charge in [-0.2, -0.15) is 0 Å². The smallest absolute Gasteiger partial charge is 0.217 e. The van der Waals surface area contributed by atoms with Crippen molar-refractivity contribution in [1.29, 1.82) is 0 Å². The van der Waals surface area contributed by atoms with E-state index >= 15 is 0 Å². The van der Waals surface area contributed by atoms with Gasteiger partial charge >= 0.3 is 0 Å². The molecule has 0 saturated carbocycles. The molecule has 0 amide bonds. The van der Waals surface area contributed by atoms with Crippen molar-refractivity contribution in [3.8, 4) is 17.7 Å². The van der Waals surface area contributed by atoms with Crippen molar-refractivity contribution >= 4 is 0 Å². The van der Waals surface area contributed by atoms with Crippen LogP contribution in [0.15, 0.2) is 24.5 Å². The van der Waals surface area contributed by atoms with Crippen LogP contribution in [-0.2, 0) is 0 Å². The average Bonchev–Trinajstić information content (AvgIpc) is 2.45. The van der Waals surface area contributed by atoms with Crippen molar-refractivity contribution in [1.82, 2.24) is 9.97 Å². The number of ether oxygens (including phenoxy) is 1. The van der Waals surface area contributed by atoms with Gasteiger partial charge in [-0.3, -0.25) is 0 Å². The third-order valence-corrected chi connectivity index (χ3v) is 2.94. The van der Waals surface area contributed by atoms with E-state index in [0.717, 1.165) is 31.4 Å². The first kappa shape index (κ1) is 12.6. The molecule has 0 N–H and O–H groups in total. The topological polar surface area (TPSA) is 35.0 Å². The Labute approximate surface area is 108 Å². The molecule has 3 heteroatoms. The van der Waals surface area contributed by atoms with E-state index in [1.165, 1.54) is 0 Å². The van der Waals surface area contributed by atoms with E-state index in [-0.39, 0.29) is 0 Å². The fraction of sp³-hybridized carbons (Fsp3) is 0.467. The third-order valence-electron chi connectivity index (χ3n) is 2.94. The predicted octanol–water partition coefficient (Wildman–Crippen LogP) is 3.09. The van der Waals surface area contributed by atoms with Crippen molar-refractivity contribution < 1.29 is 4.74 Å². The molecule has 0 bridgehead atoms. The van der Waals surface area contributed by atoms with Gasteiger partial charge in [-0.15, -0.1) is 5.92 Å². The fourth-order valence-electron chi connectivity index (χ4n) is 2.00. The molecule has 2 rings (SSSR count). The van der Waals surface area contributed by atoms with Gasteiger partial charge < -0.3 is 4.74 Å². The normalized spacial score (nSPS) is 17.9. The molecule has 18 heavy (non-hydrogen) atoms. The van der Waals surface area contributed by atoms with Crippen LogP contribution >= 0.6 is 0 Å². The van der Waals surface area contributed by atoms with Crippen molar-refractivity contribution in [3.05, 3.63) is 30.2 Å². The summed E-state index contributed by atoms with van der Waals surface area (Å²) >= 11 is 0. The van der Waals surface area contributed by atoms with Gasteiger partial charge in [-0.05, 0) is 19.3 Å². The van der Waals surface area contributed by atoms with Gasteiger partial charge in [0.25, 0.3) is 0 Å². The highest BCUT2D eigenvalue weighted by atomic mass is 16.5. The first-order valence-corrected chi connectivity index (χ1v) is 6.45. The lowest BCUT2D eigenvalue weighted by Crippen LogP contribution is -2.05. The largest absolute Gasteiger partial charge is 0.464 e. The summed E-state index contributed by atoms with van der Waals surface area (Å²) in [5.74, 6) is 7.03. The van der Waals surface area contributed by atoms with Crippen molar-refractivity contribution in [2.24, 2.45) is 0 Å². The monoisotopic (exact) mass is 242 g/mol. The second-order valence-electron chi connectivity index (χ2n) is 4.26. The Morgan fingerprint density at radius 3 is 3.06 bits per heavy atom. The Morgan fingerprint density at radius 1 is 1.33 bits per heavy atom. The number of rotatable bonds is 3. The lowest BCUT2D eigenvalue weighted by Gasteiger charge is -2.17. The van der Waals surface area contributed by atoms with Crippen LogP contribution in [-0.4, -0.2) is 16.6 Å². The maximum atomic E-state index is 5.50. The molecule has 0 radical (unpaired) electrons. The highest BCUT2D eigenvalue weighted by molar-refractivity contribution is 5.19. The Bertz CT molecular complexity index is 471. The van der Waals surface area contributed by atoms with Crippen LogP contribution in [0.5, 0.6) is 5.88 Å². The van der Waals surface area contributed by atoms with E-state index in [1.807, 2.05) is 13.0 Å². The van der Waals surface area contributed by atoms with Crippen LogP contribution in [0.3, 0.4) is 0 Å². The van der Waals surface area contributed by atoms with Crippen LogP contribution in [0.1, 0.15) is 44.2 Å². The minimum Gasteiger partial charge on any atom is -0.464 e. The number of nitrogens with zero attached hydrogens (tertiary/aromatic N) is 2. The van der Waals surface area contributed by atoms with E-state index in [9.17, 15) is 0 Å². The lowest BCUT2D eigenvalue weighted by molar-refractivity contribution is 0.353. The van der Waals surface area contributed by atoms with E-state index in [4.69, 9.17) is 4.74 Å². The fourth-order valence-corrected chi connectivity index (χ4v) is 2.00. The Morgan fingerprint density at radius 2 is 2.28 bits per heavy atom. The summed E-state index contributed by atoms with van der Waals surface area (Å²) in [6, 6.07) is 1.94. The molecule has 0 saturated heterocycles. The summed E-state index contributed by atoms with van der Waals surface area (Å²) in [6.07, 6.45) is 10.2. The first-order chi connectivity index (χ1) is 8.90. The Kier molecular flexibility index (Phi) is 4.78.